The van der Waals surface area contributed by atoms with Crippen LogP contribution in [0.4, 0.5) is 24.5 Å². The highest BCUT2D eigenvalue weighted by atomic mass is 32.2. The molecule has 4 nitrogen and oxygen atoms in total. The van der Waals surface area contributed by atoms with E-state index >= 15 is 0 Å². The SMILES string of the molecule is CNc1ccc(S(=O)(=O)Nc2c(F)cc(F)cc2F)cc1. The van der Waals surface area contributed by atoms with E-state index in [1.165, 1.54) is 24.3 Å². The Bertz CT molecular complexity index is 738. The number of halogens is 3. The number of hydrogen-bond acceptors (Lipinski definition) is 3. The van der Waals surface area contributed by atoms with Gasteiger partial charge in [0, 0.05) is 24.9 Å². The van der Waals surface area contributed by atoms with Crippen LogP contribution in [-0.2, 0) is 10.0 Å². The fourth-order valence-corrected chi connectivity index (χ4v) is 2.71. The van der Waals surface area contributed by atoms with Crippen LogP contribution in [0.5, 0.6) is 0 Å². The van der Waals surface area contributed by atoms with Crippen LogP contribution >= 0.6 is 0 Å². The molecule has 0 amide bonds. The number of sulfonamides is 1. The molecule has 0 fully saturated rings. The van der Waals surface area contributed by atoms with Gasteiger partial charge < -0.3 is 5.32 Å². The van der Waals surface area contributed by atoms with Gasteiger partial charge in [0.05, 0.1) is 4.90 Å². The lowest BCUT2D eigenvalue weighted by molar-refractivity contribution is 0.547. The first-order valence-corrected chi connectivity index (χ1v) is 7.27. The highest BCUT2D eigenvalue weighted by Crippen LogP contribution is 2.24. The molecule has 0 aliphatic heterocycles. The van der Waals surface area contributed by atoms with Crippen molar-refractivity contribution in [1.29, 1.82) is 0 Å². The minimum Gasteiger partial charge on any atom is -0.388 e. The molecule has 0 unspecified atom stereocenters. The van der Waals surface area contributed by atoms with Gasteiger partial charge in [0.25, 0.3) is 10.0 Å². The van der Waals surface area contributed by atoms with Gasteiger partial charge in [0.15, 0.2) is 11.6 Å². The molecule has 112 valence electrons. The Morgan fingerprint density at radius 2 is 1.48 bits per heavy atom. The molecule has 2 aromatic carbocycles. The number of anilines is 2. The molecule has 0 aliphatic carbocycles. The highest BCUT2D eigenvalue weighted by molar-refractivity contribution is 7.92. The van der Waals surface area contributed by atoms with Gasteiger partial charge >= 0.3 is 0 Å². The molecule has 0 spiro atoms. The van der Waals surface area contributed by atoms with E-state index in [1.54, 1.807) is 11.8 Å². The van der Waals surface area contributed by atoms with Gasteiger partial charge in [-0.3, -0.25) is 4.72 Å². The van der Waals surface area contributed by atoms with Gasteiger partial charge in [-0.05, 0) is 24.3 Å². The molecule has 2 rings (SSSR count). The van der Waals surface area contributed by atoms with Crippen molar-refractivity contribution in [1.82, 2.24) is 0 Å². The molecule has 0 saturated heterocycles. The van der Waals surface area contributed by atoms with Crippen LogP contribution in [0.3, 0.4) is 0 Å². The van der Waals surface area contributed by atoms with E-state index < -0.39 is 33.2 Å². The van der Waals surface area contributed by atoms with Gasteiger partial charge in [-0.1, -0.05) is 0 Å². The summed E-state index contributed by atoms with van der Waals surface area (Å²) in [6, 6.07) is 6.31. The van der Waals surface area contributed by atoms with Gasteiger partial charge in [-0.15, -0.1) is 0 Å². The zero-order chi connectivity index (χ0) is 15.6. The second-order valence-electron chi connectivity index (χ2n) is 4.12. The summed E-state index contributed by atoms with van der Waals surface area (Å²) in [5.41, 5.74) is -0.248. The Labute approximate surface area is 119 Å². The Balaban J connectivity index is 2.37. The van der Waals surface area contributed by atoms with Crippen molar-refractivity contribution in [2.45, 2.75) is 4.90 Å². The number of rotatable bonds is 4. The molecule has 21 heavy (non-hydrogen) atoms. The Hall–Kier alpha value is -2.22. The minimum atomic E-state index is -4.18. The molecular formula is C13H11F3N2O2S. The van der Waals surface area contributed by atoms with Crippen LogP contribution in [0.25, 0.3) is 0 Å². The van der Waals surface area contributed by atoms with Gasteiger partial charge in [0.1, 0.15) is 11.5 Å². The van der Waals surface area contributed by atoms with Crippen molar-refractivity contribution in [2.24, 2.45) is 0 Å². The Kier molecular flexibility index (Phi) is 4.08. The van der Waals surface area contributed by atoms with E-state index in [-0.39, 0.29) is 4.90 Å². The van der Waals surface area contributed by atoms with Gasteiger partial charge in [-0.2, -0.15) is 0 Å². The number of nitrogens with one attached hydrogen (secondary N) is 2. The minimum absolute atomic E-state index is 0.176. The van der Waals surface area contributed by atoms with E-state index in [1.807, 2.05) is 0 Å². The first-order chi connectivity index (χ1) is 9.83. The lowest BCUT2D eigenvalue weighted by Crippen LogP contribution is -2.15. The largest absolute Gasteiger partial charge is 0.388 e. The molecule has 0 bridgehead atoms. The van der Waals surface area contributed by atoms with E-state index in [4.69, 9.17) is 0 Å². The van der Waals surface area contributed by atoms with Crippen molar-refractivity contribution in [3.05, 3.63) is 53.8 Å². The third kappa shape index (κ3) is 3.27. The van der Waals surface area contributed by atoms with Crippen molar-refractivity contribution in [3.63, 3.8) is 0 Å². The summed E-state index contributed by atoms with van der Waals surface area (Å²) >= 11 is 0. The van der Waals surface area contributed by atoms with Crippen LogP contribution in [0.2, 0.25) is 0 Å². The number of benzene rings is 2. The normalized spacial score (nSPS) is 11.2. The highest BCUT2D eigenvalue weighted by Gasteiger charge is 2.20. The third-order valence-corrected chi connectivity index (χ3v) is 4.06. The average Bonchev–Trinajstić information content (AvgIpc) is 2.43. The fourth-order valence-electron chi connectivity index (χ4n) is 1.63. The molecule has 0 atom stereocenters. The maximum Gasteiger partial charge on any atom is 0.262 e. The summed E-state index contributed by atoms with van der Waals surface area (Å²) in [6.45, 7) is 0. The van der Waals surface area contributed by atoms with E-state index in [9.17, 15) is 21.6 Å². The van der Waals surface area contributed by atoms with Crippen molar-refractivity contribution in [2.75, 3.05) is 17.1 Å². The topological polar surface area (TPSA) is 58.2 Å². The van der Waals surface area contributed by atoms with Crippen LogP contribution in [0.1, 0.15) is 0 Å². The van der Waals surface area contributed by atoms with Crippen LogP contribution in [0.15, 0.2) is 41.3 Å². The first-order valence-electron chi connectivity index (χ1n) is 5.78. The number of hydrogen-bond donors (Lipinski definition) is 2. The van der Waals surface area contributed by atoms with Crippen molar-refractivity contribution in [3.8, 4) is 0 Å². The Morgan fingerprint density at radius 3 is 1.95 bits per heavy atom. The standard InChI is InChI=1S/C13H11F3N2O2S/c1-17-9-2-4-10(5-3-9)21(19,20)18-13-11(15)6-8(14)7-12(13)16/h2-7,17-18H,1H3. The fraction of sp³-hybridized carbons (Fsp3) is 0.0769. The lowest BCUT2D eigenvalue weighted by atomic mass is 10.3. The molecule has 0 aromatic heterocycles. The monoisotopic (exact) mass is 316 g/mol. The Morgan fingerprint density at radius 1 is 0.952 bits per heavy atom. The van der Waals surface area contributed by atoms with E-state index in [0.29, 0.717) is 17.8 Å². The van der Waals surface area contributed by atoms with E-state index in [2.05, 4.69) is 5.32 Å². The predicted octanol–water partition coefficient (Wildman–Crippen LogP) is 2.95. The average molecular weight is 316 g/mol. The molecule has 2 N–H and O–H groups in total. The summed E-state index contributed by atoms with van der Waals surface area (Å²) in [4.78, 5) is -0.176. The van der Waals surface area contributed by atoms with Crippen LogP contribution in [0, 0.1) is 17.5 Å². The zero-order valence-electron chi connectivity index (χ0n) is 10.8. The maximum atomic E-state index is 13.5. The summed E-state index contributed by atoms with van der Waals surface area (Å²) in [7, 11) is -2.52. The smallest absolute Gasteiger partial charge is 0.262 e. The molecule has 0 aliphatic rings. The molecule has 0 radical (unpaired) electrons. The maximum absolute atomic E-state index is 13.5. The summed E-state index contributed by atoms with van der Waals surface area (Å²) in [5.74, 6) is -3.79. The lowest BCUT2D eigenvalue weighted by Gasteiger charge is -2.10. The van der Waals surface area contributed by atoms with Crippen LogP contribution in [-0.4, -0.2) is 15.5 Å². The second-order valence-corrected chi connectivity index (χ2v) is 5.81. The second kappa shape index (κ2) is 5.65. The van der Waals surface area contributed by atoms with Crippen LogP contribution < -0.4 is 10.0 Å². The van der Waals surface area contributed by atoms with Crippen molar-refractivity contribution >= 4 is 21.4 Å². The molecule has 8 heteroatoms. The quantitative estimate of drug-likeness (QED) is 0.912. The van der Waals surface area contributed by atoms with E-state index in [0.717, 1.165) is 0 Å². The first kappa shape index (κ1) is 15.2. The van der Waals surface area contributed by atoms with Gasteiger partial charge in [0.2, 0.25) is 0 Å². The molecule has 0 heterocycles. The summed E-state index contributed by atoms with van der Waals surface area (Å²) in [5, 5.41) is 2.80. The molecular weight excluding hydrogens is 305 g/mol. The summed E-state index contributed by atoms with van der Waals surface area (Å²) < 4.78 is 65.5. The third-order valence-electron chi connectivity index (χ3n) is 2.70. The van der Waals surface area contributed by atoms with Crippen molar-refractivity contribution < 1.29 is 21.6 Å². The summed E-state index contributed by atoms with van der Waals surface area (Å²) in [6.07, 6.45) is 0. The zero-order valence-corrected chi connectivity index (χ0v) is 11.6. The predicted molar refractivity (Wildman–Crippen MR) is 73.1 cm³/mol. The molecule has 2 aromatic rings. The molecule has 0 saturated carbocycles. The van der Waals surface area contributed by atoms with Gasteiger partial charge in [-0.25, -0.2) is 21.6 Å².